The second-order valence-electron chi connectivity index (χ2n) is 8.09. The van der Waals surface area contributed by atoms with E-state index in [1.54, 1.807) is 0 Å². The van der Waals surface area contributed by atoms with Crippen LogP contribution in [0.3, 0.4) is 0 Å². The molecule has 0 unspecified atom stereocenters. The molecular formula is C23H24N6O. The van der Waals surface area contributed by atoms with Crippen molar-refractivity contribution >= 4 is 17.1 Å². The summed E-state index contributed by atoms with van der Waals surface area (Å²) in [6.45, 7) is 0. The molecule has 2 aromatic rings. The highest BCUT2D eigenvalue weighted by Gasteiger charge is 2.56. The van der Waals surface area contributed by atoms with Crippen LogP contribution in [0.25, 0.3) is 5.57 Å². The fraction of sp³-hybridized carbons (Fsp3) is 0.304. The van der Waals surface area contributed by atoms with E-state index in [9.17, 15) is 4.79 Å². The van der Waals surface area contributed by atoms with Gasteiger partial charge in [-0.2, -0.15) is 15.3 Å². The molecule has 0 amide bonds. The summed E-state index contributed by atoms with van der Waals surface area (Å²) in [5.41, 5.74) is 17.3. The lowest BCUT2D eigenvalue weighted by atomic mass is 9.61. The van der Waals surface area contributed by atoms with Crippen LogP contribution >= 0.6 is 0 Å². The van der Waals surface area contributed by atoms with Crippen molar-refractivity contribution in [3.63, 3.8) is 0 Å². The molecule has 1 saturated carbocycles. The maximum atomic E-state index is 13.5. The molecule has 152 valence electrons. The van der Waals surface area contributed by atoms with Crippen LogP contribution in [-0.4, -0.2) is 17.0 Å². The highest BCUT2D eigenvalue weighted by molar-refractivity contribution is 6.54. The minimum absolute atomic E-state index is 0.0715. The Morgan fingerprint density at radius 2 is 1.50 bits per heavy atom. The normalized spacial score (nSPS) is 27.6. The predicted molar refractivity (Wildman–Crippen MR) is 114 cm³/mol. The average molecular weight is 400 g/mol. The maximum absolute atomic E-state index is 13.5. The van der Waals surface area contributed by atoms with Crippen molar-refractivity contribution < 1.29 is 4.79 Å². The number of nitrogens with two attached hydrogens (primary N) is 1. The van der Waals surface area contributed by atoms with Crippen molar-refractivity contribution in [1.29, 1.82) is 11.1 Å². The van der Waals surface area contributed by atoms with E-state index in [4.69, 9.17) is 16.9 Å². The first-order chi connectivity index (χ1) is 14.6. The first kappa shape index (κ1) is 19.8. The van der Waals surface area contributed by atoms with Crippen LogP contribution in [0.15, 0.2) is 81.7 Å². The number of ketones is 1. The van der Waals surface area contributed by atoms with Crippen molar-refractivity contribution in [2.24, 2.45) is 26.6 Å². The van der Waals surface area contributed by atoms with Gasteiger partial charge in [-0.05, 0) is 43.2 Å². The summed E-state index contributed by atoms with van der Waals surface area (Å²) in [7, 11) is 0. The zero-order valence-corrected chi connectivity index (χ0v) is 16.6. The second kappa shape index (κ2) is 7.74. The van der Waals surface area contributed by atoms with Gasteiger partial charge in [-0.1, -0.05) is 60.7 Å². The first-order valence-electron chi connectivity index (χ1n) is 10.0. The summed E-state index contributed by atoms with van der Waals surface area (Å²) in [6.07, 6.45) is 2.89. The third-order valence-electron chi connectivity index (χ3n) is 6.54. The molecule has 1 fully saturated rings. The van der Waals surface area contributed by atoms with Crippen LogP contribution in [0.2, 0.25) is 0 Å². The number of carbonyl (C=O) groups is 1. The number of Topliss-reactive ketones (excluding diaryl/α,β-unsaturated/α-hetero) is 1. The zero-order valence-electron chi connectivity index (χ0n) is 16.6. The van der Waals surface area contributed by atoms with Gasteiger partial charge in [0.15, 0.2) is 11.5 Å². The molecule has 0 aliphatic heterocycles. The fourth-order valence-corrected chi connectivity index (χ4v) is 4.96. The maximum Gasteiger partial charge on any atom is 0.195 e. The summed E-state index contributed by atoms with van der Waals surface area (Å²) in [5.74, 6) is 5.37. The molecule has 2 aromatic carbocycles. The molecule has 1 spiro atoms. The molecule has 7 nitrogen and oxygen atoms in total. The first-order valence-corrected chi connectivity index (χ1v) is 10.0. The van der Waals surface area contributed by atoms with Gasteiger partial charge in [0, 0.05) is 5.57 Å². The van der Waals surface area contributed by atoms with E-state index in [1.807, 2.05) is 60.7 Å². The Bertz CT molecular complexity index is 1030. The summed E-state index contributed by atoms with van der Waals surface area (Å²) in [5, 5.41) is 11.4. The molecule has 4 N–H and O–H groups in total. The number of hydrogen-bond donors (Lipinski definition) is 3. The molecule has 0 radical (unpaired) electrons. The minimum atomic E-state index is -0.829. The summed E-state index contributed by atoms with van der Waals surface area (Å²) in [6, 6.07) is 19.6. The van der Waals surface area contributed by atoms with E-state index >= 15 is 0 Å². The van der Waals surface area contributed by atoms with E-state index in [-0.39, 0.29) is 17.2 Å². The van der Waals surface area contributed by atoms with E-state index in [1.165, 1.54) is 0 Å². The number of nitrogens with one attached hydrogen (secondary N) is 2. The smallest absolute Gasteiger partial charge is 0.195 e. The van der Waals surface area contributed by atoms with Gasteiger partial charge in [0.05, 0.1) is 11.0 Å². The van der Waals surface area contributed by atoms with Crippen molar-refractivity contribution in [3.05, 3.63) is 77.5 Å². The Kier molecular flexibility index (Phi) is 5.11. The molecule has 4 rings (SSSR count). The van der Waals surface area contributed by atoms with Gasteiger partial charge in [-0.3, -0.25) is 4.79 Å². The standard InChI is InChI=1S/C23H24N6O/c24-27-19-18(17-9-5-2-6-10-17)23(21(30)20(19)28-25)13-11-22(29-26,12-14-23)15-16-7-3-1-4-8-16/h1-10,24,26H,11-15,25H2. The number of carbonyl (C=O) groups excluding carboxylic acids is 1. The predicted octanol–water partition coefficient (Wildman–Crippen LogP) is 4.90. The largest absolute Gasteiger partial charge is 0.323 e. The van der Waals surface area contributed by atoms with Gasteiger partial charge in [-0.25, -0.2) is 11.1 Å². The van der Waals surface area contributed by atoms with Crippen LogP contribution in [-0.2, 0) is 11.2 Å². The van der Waals surface area contributed by atoms with Crippen LogP contribution in [0.5, 0.6) is 0 Å². The third-order valence-corrected chi connectivity index (χ3v) is 6.54. The fourth-order valence-electron chi connectivity index (χ4n) is 4.96. The van der Waals surface area contributed by atoms with Gasteiger partial charge in [0.2, 0.25) is 0 Å². The number of benzene rings is 2. The van der Waals surface area contributed by atoms with Gasteiger partial charge in [0.25, 0.3) is 0 Å². The summed E-state index contributed by atoms with van der Waals surface area (Å²) >= 11 is 0. The molecule has 0 atom stereocenters. The summed E-state index contributed by atoms with van der Waals surface area (Å²) < 4.78 is 0. The minimum Gasteiger partial charge on any atom is -0.323 e. The van der Waals surface area contributed by atoms with E-state index in [0.717, 1.165) is 16.7 Å². The van der Waals surface area contributed by atoms with Gasteiger partial charge in [-0.15, -0.1) is 0 Å². The Labute approximate surface area is 175 Å². The van der Waals surface area contributed by atoms with Crippen LogP contribution in [0.1, 0.15) is 36.8 Å². The van der Waals surface area contributed by atoms with Gasteiger partial charge >= 0.3 is 0 Å². The lowest BCUT2D eigenvalue weighted by Gasteiger charge is -2.42. The highest BCUT2D eigenvalue weighted by atomic mass is 16.1. The molecule has 2 aliphatic carbocycles. The lowest BCUT2D eigenvalue weighted by Crippen LogP contribution is -2.43. The number of nitrogens with zero attached hydrogens (tertiary/aromatic N) is 3. The molecule has 0 bridgehead atoms. The summed E-state index contributed by atoms with van der Waals surface area (Å²) in [4.78, 5) is 13.5. The third kappa shape index (κ3) is 3.07. The molecule has 2 aliphatic rings. The topological polar surface area (TPSA) is 128 Å². The Morgan fingerprint density at radius 1 is 0.900 bits per heavy atom. The molecule has 30 heavy (non-hydrogen) atoms. The highest BCUT2D eigenvalue weighted by Crippen LogP contribution is 2.56. The van der Waals surface area contributed by atoms with E-state index in [0.29, 0.717) is 32.1 Å². The van der Waals surface area contributed by atoms with E-state index in [2.05, 4.69) is 15.3 Å². The van der Waals surface area contributed by atoms with Crippen molar-refractivity contribution in [2.75, 3.05) is 0 Å². The number of rotatable bonds is 5. The Balaban J connectivity index is 1.73. The lowest BCUT2D eigenvalue weighted by molar-refractivity contribution is -0.120. The van der Waals surface area contributed by atoms with Crippen molar-refractivity contribution in [2.45, 2.75) is 37.6 Å². The van der Waals surface area contributed by atoms with Gasteiger partial charge < -0.3 is 5.84 Å². The van der Waals surface area contributed by atoms with E-state index < -0.39 is 11.0 Å². The Hall–Kier alpha value is -3.48. The molecule has 7 heteroatoms. The van der Waals surface area contributed by atoms with Crippen molar-refractivity contribution in [1.82, 2.24) is 0 Å². The van der Waals surface area contributed by atoms with Crippen molar-refractivity contribution in [3.8, 4) is 0 Å². The molecule has 0 heterocycles. The van der Waals surface area contributed by atoms with Crippen LogP contribution in [0, 0.1) is 16.5 Å². The second-order valence-corrected chi connectivity index (χ2v) is 8.09. The van der Waals surface area contributed by atoms with Crippen LogP contribution in [0.4, 0.5) is 0 Å². The zero-order chi connectivity index (χ0) is 21.2. The SMILES string of the molecule is N=NC1=C(c2ccccc2)C2(CCC(Cc3ccccc3)(N=N)CC2)C(=O)C1=NN. The average Bonchev–Trinajstić information content (AvgIpc) is 3.04. The van der Waals surface area contributed by atoms with Crippen LogP contribution < -0.4 is 5.84 Å². The molecule has 0 aromatic heterocycles. The Morgan fingerprint density at radius 3 is 2.03 bits per heavy atom. The number of hydrazone groups is 1. The quantitative estimate of drug-likeness (QED) is 0.375. The number of allylic oxidation sites excluding steroid dienone is 2. The monoisotopic (exact) mass is 400 g/mol. The molecule has 0 saturated heterocycles. The van der Waals surface area contributed by atoms with Gasteiger partial charge in [0.1, 0.15) is 5.70 Å². The molecular weight excluding hydrogens is 376 g/mol. The number of hydrogen-bond acceptors (Lipinski definition) is 7.